The van der Waals surface area contributed by atoms with Crippen LogP contribution in [0.2, 0.25) is 0 Å². The molecule has 0 saturated heterocycles. The molecule has 0 bridgehead atoms. The smallest absolute Gasteiger partial charge is 0.146 e. The van der Waals surface area contributed by atoms with Crippen molar-refractivity contribution in [2.24, 2.45) is 0 Å². The zero-order valence-corrected chi connectivity index (χ0v) is 10.5. The first kappa shape index (κ1) is 11.1. The molecule has 0 radical (unpaired) electrons. The number of ether oxygens (including phenoxy) is 1. The molecule has 0 unspecified atom stereocenters. The summed E-state index contributed by atoms with van der Waals surface area (Å²) in [6.45, 7) is 0.462. The van der Waals surface area contributed by atoms with E-state index in [1.165, 1.54) is 5.56 Å². The van der Waals surface area contributed by atoms with Gasteiger partial charge in [0, 0.05) is 0 Å². The van der Waals surface area contributed by atoms with Crippen LogP contribution >= 0.6 is 11.3 Å². The second-order valence-electron chi connectivity index (χ2n) is 3.85. The Bertz CT molecular complexity index is 596. The third kappa shape index (κ3) is 2.31. The van der Waals surface area contributed by atoms with Crippen molar-refractivity contribution in [1.29, 1.82) is 0 Å². The van der Waals surface area contributed by atoms with Crippen molar-refractivity contribution in [2.75, 3.05) is 0 Å². The van der Waals surface area contributed by atoms with Gasteiger partial charge in [-0.25, -0.2) is 0 Å². The average molecular weight is 256 g/mol. The molecule has 2 aromatic heterocycles. The number of hydrogen-bond donors (Lipinski definition) is 0. The lowest BCUT2D eigenvalue weighted by atomic mass is 10.2. The van der Waals surface area contributed by atoms with Crippen LogP contribution in [0, 0.1) is 0 Å². The van der Waals surface area contributed by atoms with Gasteiger partial charge in [-0.05, 0) is 29.1 Å². The lowest BCUT2D eigenvalue weighted by Crippen LogP contribution is -1.93. The number of hydrogen-bond acceptors (Lipinski definition) is 3. The molecule has 18 heavy (non-hydrogen) atoms. The van der Waals surface area contributed by atoms with Crippen LogP contribution in [-0.2, 0) is 6.61 Å². The standard InChI is InChI=1S/C15H12O2S/c1-2-5-12(6-3-1)15-14(8-10-18-15)17-11-13-7-4-9-16-13/h1-10H,11H2. The van der Waals surface area contributed by atoms with Crippen molar-refractivity contribution in [1.82, 2.24) is 0 Å². The molecule has 1 aromatic carbocycles. The van der Waals surface area contributed by atoms with E-state index in [1.54, 1.807) is 17.6 Å². The first-order valence-corrected chi connectivity index (χ1v) is 6.59. The van der Waals surface area contributed by atoms with Crippen LogP contribution < -0.4 is 4.74 Å². The van der Waals surface area contributed by atoms with Crippen LogP contribution in [0.25, 0.3) is 10.4 Å². The molecule has 0 atom stereocenters. The average Bonchev–Trinajstić information content (AvgIpc) is 3.09. The van der Waals surface area contributed by atoms with E-state index in [9.17, 15) is 0 Å². The maximum Gasteiger partial charge on any atom is 0.146 e. The number of furan rings is 1. The summed E-state index contributed by atoms with van der Waals surface area (Å²) < 4.78 is 11.0. The maximum atomic E-state index is 5.79. The van der Waals surface area contributed by atoms with Gasteiger partial charge in [-0.3, -0.25) is 0 Å². The van der Waals surface area contributed by atoms with Crippen molar-refractivity contribution in [3.05, 3.63) is 65.9 Å². The van der Waals surface area contributed by atoms with Crippen LogP contribution in [0.3, 0.4) is 0 Å². The van der Waals surface area contributed by atoms with Gasteiger partial charge < -0.3 is 9.15 Å². The number of rotatable bonds is 4. The molecule has 3 rings (SSSR count). The minimum atomic E-state index is 0.462. The molecule has 90 valence electrons. The van der Waals surface area contributed by atoms with Gasteiger partial charge in [-0.2, -0.15) is 0 Å². The van der Waals surface area contributed by atoms with Gasteiger partial charge in [-0.1, -0.05) is 30.3 Å². The molecule has 0 aliphatic rings. The molecule has 0 fully saturated rings. The van der Waals surface area contributed by atoms with E-state index in [-0.39, 0.29) is 0 Å². The Morgan fingerprint density at radius 1 is 1.00 bits per heavy atom. The van der Waals surface area contributed by atoms with E-state index in [1.807, 2.05) is 41.8 Å². The van der Waals surface area contributed by atoms with Crippen molar-refractivity contribution in [3.8, 4) is 16.2 Å². The quantitative estimate of drug-likeness (QED) is 0.681. The van der Waals surface area contributed by atoms with Gasteiger partial charge in [0.25, 0.3) is 0 Å². The van der Waals surface area contributed by atoms with Gasteiger partial charge in [-0.15, -0.1) is 11.3 Å². The highest BCUT2D eigenvalue weighted by atomic mass is 32.1. The molecule has 2 heterocycles. The highest BCUT2D eigenvalue weighted by Crippen LogP contribution is 2.35. The molecule has 0 saturated carbocycles. The Hall–Kier alpha value is -2.00. The second-order valence-corrected chi connectivity index (χ2v) is 4.76. The summed E-state index contributed by atoms with van der Waals surface area (Å²) >= 11 is 1.68. The fraction of sp³-hybridized carbons (Fsp3) is 0.0667. The summed E-state index contributed by atoms with van der Waals surface area (Å²) in [5.74, 6) is 1.74. The number of benzene rings is 1. The molecule has 0 amide bonds. The maximum absolute atomic E-state index is 5.79. The predicted octanol–water partition coefficient (Wildman–Crippen LogP) is 4.59. The van der Waals surface area contributed by atoms with Crippen LogP contribution in [0.5, 0.6) is 5.75 Å². The van der Waals surface area contributed by atoms with E-state index in [0.29, 0.717) is 6.61 Å². The summed E-state index contributed by atoms with van der Waals surface area (Å²) in [6, 6.07) is 16.0. The van der Waals surface area contributed by atoms with Gasteiger partial charge in [0.05, 0.1) is 11.1 Å². The summed E-state index contributed by atoms with van der Waals surface area (Å²) in [4.78, 5) is 1.15. The van der Waals surface area contributed by atoms with Gasteiger partial charge >= 0.3 is 0 Å². The Labute approximate surface area is 109 Å². The second kappa shape index (κ2) is 5.10. The molecular formula is C15H12O2S. The Morgan fingerprint density at radius 3 is 2.67 bits per heavy atom. The number of thiophene rings is 1. The first-order valence-electron chi connectivity index (χ1n) is 5.71. The van der Waals surface area contributed by atoms with E-state index in [0.717, 1.165) is 16.4 Å². The molecular weight excluding hydrogens is 244 g/mol. The van der Waals surface area contributed by atoms with E-state index in [4.69, 9.17) is 9.15 Å². The van der Waals surface area contributed by atoms with E-state index < -0.39 is 0 Å². The fourth-order valence-corrected chi connectivity index (χ4v) is 2.60. The largest absolute Gasteiger partial charge is 0.484 e. The van der Waals surface area contributed by atoms with Crippen molar-refractivity contribution >= 4 is 11.3 Å². The normalized spacial score (nSPS) is 10.4. The Morgan fingerprint density at radius 2 is 1.89 bits per heavy atom. The van der Waals surface area contributed by atoms with Gasteiger partial charge in [0.2, 0.25) is 0 Å². The summed E-state index contributed by atoms with van der Waals surface area (Å²) in [5, 5.41) is 2.04. The topological polar surface area (TPSA) is 22.4 Å². The summed E-state index contributed by atoms with van der Waals surface area (Å²) in [7, 11) is 0. The van der Waals surface area contributed by atoms with Gasteiger partial charge in [0.15, 0.2) is 0 Å². The minimum Gasteiger partial charge on any atom is -0.484 e. The summed E-state index contributed by atoms with van der Waals surface area (Å²) in [5.41, 5.74) is 1.18. The van der Waals surface area contributed by atoms with Crippen LogP contribution in [0.15, 0.2) is 64.6 Å². The van der Waals surface area contributed by atoms with Gasteiger partial charge in [0.1, 0.15) is 18.1 Å². The van der Waals surface area contributed by atoms with Crippen LogP contribution in [0.4, 0.5) is 0 Å². The molecule has 0 aliphatic carbocycles. The zero-order chi connectivity index (χ0) is 12.2. The SMILES string of the molecule is c1ccc(-c2sccc2OCc2ccco2)cc1. The highest BCUT2D eigenvalue weighted by molar-refractivity contribution is 7.14. The Kier molecular flexibility index (Phi) is 3.15. The van der Waals surface area contributed by atoms with Crippen molar-refractivity contribution < 1.29 is 9.15 Å². The van der Waals surface area contributed by atoms with Crippen molar-refractivity contribution in [3.63, 3.8) is 0 Å². The molecule has 0 N–H and O–H groups in total. The lowest BCUT2D eigenvalue weighted by Gasteiger charge is -2.05. The lowest BCUT2D eigenvalue weighted by molar-refractivity contribution is 0.272. The monoisotopic (exact) mass is 256 g/mol. The van der Waals surface area contributed by atoms with Crippen molar-refractivity contribution in [2.45, 2.75) is 6.61 Å². The third-order valence-corrected chi connectivity index (χ3v) is 3.56. The molecule has 3 heteroatoms. The third-order valence-electron chi connectivity index (χ3n) is 2.62. The van der Waals surface area contributed by atoms with Crippen LogP contribution in [0.1, 0.15) is 5.76 Å². The predicted molar refractivity (Wildman–Crippen MR) is 72.8 cm³/mol. The molecule has 2 nitrogen and oxygen atoms in total. The van der Waals surface area contributed by atoms with Crippen LogP contribution in [-0.4, -0.2) is 0 Å². The minimum absolute atomic E-state index is 0.462. The fourth-order valence-electron chi connectivity index (χ4n) is 1.75. The first-order chi connectivity index (χ1) is 8.93. The summed E-state index contributed by atoms with van der Waals surface area (Å²) in [6.07, 6.45) is 1.66. The van der Waals surface area contributed by atoms with E-state index in [2.05, 4.69) is 12.1 Å². The zero-order valence-electron chi connectivity index (χ0n) is 9.71. The Balaban J connectivity index is 1.80. The molecule has 0 spiro atoms. The molecule has 3 aromatic rings. The van der Waals surface area contributed by atoms with E-state index >= 15 is 0 Å². The molecule has 0 aliphatic heterocycles. The highest BCUT2D eigenvalue weighted by Gasteiger charge is 2.08.